The molecule has 1 fully saturated rings. The predicted octanol–water partition coefficient (Wildman–Crippen LogP) is 2.38. The van der Waals surface area contributed by atoms with Crippen molar-refractivity contribution in [3.8, 4) is 0 Å². The van der Waals surface area contributed by atoms with Gasteiger partial charge >= 0.3 is 5.97 Å². The summed E-state index contributed by atoms with van der Waals surface area (Å²) in [6.07, 6.45) is 3.87. The second kappa shape index (κ2) is 5.73. The Kier molecular flexibility index (Phi) is 4.34. The molecule has 2 rings (SSSR count). The van der Waals surface area contributed by atoms with Gasteiger partial charge in [-0.25, -0.2) is 22.3 Å². The van der Waals surface area contributed by atoms with Gasteiger partial charge in [-0.15, -0.1) is 0 Å². The maximum absolute atomic E-state index is 13.8. The Hall–Kier alpha value is -1.47. The number of hydrogen-bond acceptors (Lipinski definition) is 3. The summed E-state index contributed by atoms with van der Waals surface area (Å²) in [7, 11) is -3.96. The van der Waals surface area contributed by atoms with Gasteiger partial charge in [0.2, 0.25) is 10.0 Å². The quantitative estimate of drug-likeness (QED) is 0.809. The Bertz CT molecular complexity index is 653. The molecule has 21 heavy (non-hydrogen) atoms. The molecule has 1 aliphatic rings. The molecule has 0 unspecified atom stereocenters. The van der Waals surface area contributed by atoms with Crippen molar-refractivity contribution in [1.29, 1.82) is 0 Å². The van der Waals surface area contributed by atoms with Crippen molar-refractivity contribution in [2.45, 2.75) is 37.5 Å². The molecule has 0 atom stereocenters. The number of aromatic carboxylic acids is 1. The first-order valence-corrected chi connectivity index (χ1v) is 8.30. The highest BCUT2D eigenvalue weighted by Gasteiger charge is 2.42. The molecular formula is C14H18FNO4S. The topological polar surface area (TPSA) is 83.5 Å². The first-order valence-electron chi connectivity index (χ1n) is 6.82. The molecule has 0 heterocycles. The average Bonchev–Trinajstić information content (AvgIpc) is 3.17. The highest BCUT2D eigenvalue weighted by atomic mass is 32.2. The number of carboxylic acids is 1. The third-order valence-corrected chi connectivity index (χ3v) is 5.28. The second-order valence-corrected chi connectivity index (χ2v) is 7.26. The maximum Gasteiger partial charge on any atom is 0.335 e. The van der Waals surface area contributed by atoms with Gasteiger partial charge in [-0.1, -0.05) is 13.3 Å². The lowest BCUT2D eigenvalue weighted by atomic mass is 10.0. The average molecular weight is 315 g/mol. The van der Waals surface area contributed by atoms with Crippen LogP contribution in [0.3, 0.4) is 0 Å². The van der Waals surface area contributed by atoms with Crippen molar-refractivity contribution >= 4 is 16.0 Å². The molecule has 0 amide bonds. The summed E-state index contributed by atoms with van der Waals surface area (Å²) < 4.78 is 40.5. The van der Waals surface area contributed by atoms with Gasteiger partial charge in [-0.2, -0.15) is 0 Å². The largest absolute Gasteiger partial charge is 0.478 e. The number of halogens is 1. The van der Waals surface area contributed by atoms with Crippen LogP contribution in [-0.2, 0) is 10.0 Å². The minimum Gasteiger partial charge on any atom is -0.478 e. The van der Waals surface area contributed by atoms with Crippen LogP contribution in [0.25, 0.3) is 0 Å². The van der Waals surface area contributed by atoms with E-state index in [1.165, 1.54) is 0 Å². The zero-order valence-electron chi connectivity index (χ0n) is 11.7. The Morgan fingerprint density at radius 1 is 1.43 bits per heavy atom. The minimum atomic E-state index is -3.96. The van der Waals surface area contributed by atoms with E-state index in [1.54, 1.807) is 0 Å². The van der Waals surface area contributed by atoms with Gasteiger partial charge < -0.3 is 5.11 Å². The van der Waals surface area contributed by atoms with E-state index in [4.69, 9.17) is 5.11 Å². The van der Waals surface area contributed by atoms with Crippen molar-refractivity contribution in [1.82, 2.24) is 4.72 Å². The van der Waals surface area contributed by atoms with Gasteiger partial charge in [-0.3, -0.25) is 0 Å². The summed E-state index contributed by atoms with van der Waals surface area (Å²) >= 11 is 0. The fourth-order valence-corrected chi connectivity index (χ4v) is 3.61. The summed E-state index contributed by atoms with van der Waals surface area (Å²) in [5, 5.41) is 8.75. The first-order chi connectivity index (χ1) is 9.80. The highest BCUT2D eigenvalue weighted by Crippen LogP contribution is 2.49. The van der Waals surface area contributed by atoms with E-state index in [-0.39, 0.29) is 11.0 Å². The lowest BCUT2D eigenvalue weighted by Gasteiger charge is -2.15. The molecule has 0 aromatic heterocycles. The van der Waals surface area contributed by atoms with E-state index in [9.17, 15) is 17.6 Å². The van der Waals surface area contributed by atoms with Crippen molar-refractivity contribution in [3.63, 3.8) is 0 Å². The van der Waals surface area contributed by atoms with Gasteiger partial charge in [0, 0.05) is 6.54 Å². The Labute approximate surface area is 123 Å². The van der Waals surface area contributed by atoms with Crippen molar-refractivity contribution < 1.29 is 22.7 Å². The number of sulfonamides is 1. The van der Waals surface area contributed by atoms with Gasteiger partial charge in [0.05, 0.1) is 5.56 Å². The van der Waals surface area contributed by atoms with E-state index in [0.29, 0.717) is 6.54 Å². The Morgan fingerprint density at radius 2 is 2.10 bits per heavy atom. The molecule has 116 valence electrons. The van der Waals surface area contributed by atoms with Gasteiger partial charge in [-0.05, 0) is 42.9 Å². The molecule has 0 bridgehead atoms. The molecule has 1 aromatic rings. The molecular weight excluding hydrogens is 297 g/mol. The molecule has 0 radical (unpaired) electrons. The summed E-state index contributed by atoms with van der Waals surface area (Å²) in [6.45, 7) is 2.34. The van der Waals surface area contributed by atoms with Crippen molar-refractivity contribution in [2.75, 3.05) is 6.54 Å². The van der Waals surface area contributed by atoms with E-state index < -0.39 is 26.7 Å². The zero-order chi connectivity index (χ0) is 15.7. The molecule has 7 heteroatoms. The SMILES string of the molecule is CCCC1(CNS(=O)(=O)c2ccc(C(=O)O)cc2F)CC1. The number of hydrogen-bond donors (Lipinski definition) is 2. The monoisotopic (exact) mass is 315 g/mol. The Morgan fingerprint density at radius 3 is 2.57 bits per heavy atom. The third-order valence-electron chi connectivity index (χ3n) is 3.84. The molecule has 5 nitrogen and oxygen atoms in total. The lowest BCUT2D eigenvalue weighted by Crippen LogP contribution is -2.31. The third kappa shape index (κ3) is 3.59. The molecule has 0 spiro atoms. The van der Waals surface area contributed by atoms with Crippen LogP contribution >= 0.6 is 0 Å². The minimum absolute atomic E-state index is 0.0132. The van der Waals surface area contributed by atoms with Gasteiger partial charge in [0.15, 0.2) is 0 Å². The highest BCUT2D eigenvalue weighted by molar-refractivity contribution is 7.89. The molecule has 2 N–H and O–H groups in total. The van der Waals surface area contributed by atoms with E-state index in [2.05, 4.69) is 4.72 Å². The van der Waals surface area contributed by atoms with Crippen LogP contribution < -0.4 is 4.72 Å². The van der Waals surface area contributed by atoms with Gasteiger partial charge in [0.25, 0.3) is 0 Å². The number of benzene rings is 1. The second-order valence-electron chi connectivity index (χ2n) is 5.52. The van der Waals surface area contributed by atoms with Crippen LogP contribution in [0.5, 0.6) is 0 Å². The van der Waals surface area contributed by atoms with Gasteiger partial charge in [0.1, 0.15) is 10.7 Å². The summed E-state index contributed by atoms with van der Waals surface area (Å²) in [5.41, 5.74) is -0.268. The van der Waals surface area contributed by atoms with Crippen molar-refractivity contribution in [3.05, 3.63) is 29.6 Å². The van der Waals surface area contributed by atoms with E-state index >= 15 is 0 Å². The smallest absolute Gasteiger partial charge is 0.335 e. The number of nitrogens with one attached hydrogen (secondary N) is 1. The summed E-state index contributed by atoms with van der Waals surface area (Å²) in [4.78, 5) is 10.2. The number of carbonyl (C=O) groups is 1. The molecule has 1 saturated carbocycles. The van der Waals surface area contributed by atoms with Crippen LogP contribution in [0.1, 0.15) is 43.0 Å². The standard InChI is InChI=1S/C14H18FNO4S/c1-2-5-14(6-7-14)9-16-21(19,20)12-4-3-10(13(17)18)8-11(12)15/h3-4,8,16H,2,5-7,9H2,1H3,(H,17,18). The fraction of sp³-hybridized carbons (Fsp3) is 0.500. The molecule has 1 aromatic carbocycles. The number of rotatable bonds is 7. The summed E-state index contributed by atoms with van der Waals surface area (Å²) in [5.74, 6) is -2.35. The maximum atomic E-state index is 13.8. The molecule has 0 aliphatic heterocycles. The van der Waals surface area contributed by atoms with Crippen molar-refractivity contribution in [2.24, 2.45) is 5.41 Å². The van der Waals surface area contributed by atoms with Crippen LogP contribution in [0.4, 0.5) is 4.39 Å². The zero-order valence-corrected chi connectivity index (χ0v) is 12.5. The van der Waals surface area contributed by atoms with Crippen LogP contribution in [0, 0.1) is 11.2 Å². The van der Waals surface area contributed by atoms with E-state index in [1.807, 2.05) is 6.92 Å². The number of carboxylic acid groups (broad SMARTS) is 1. The first kappa shape index (κ1) is 15.9. The lowest BCUT2D eigenvalue weighted by molar-refractivity contribution is 0.0696. The molecule has 0 saturated heterocycles. The van der Waals surface area contributed by atoms with Crippen LogP contribution in [0.15, 0.2) is 23.1 Å². The predicted molar refractivity (Wildman–Crippen MR) is 75.1 cm³/mol. The van der Waals surface area contributed by atoms with E-state index in [0.717, 1.165) is 43.9 Å². The normalized spacial score (nSPS) is 16.7. The molecule has 1 aliphatic carbocycles. The van der Waals surface area contributed by atoms with Crippen LogP contribution in [-0.4, -0.2) is 26.0 Å². The fourth-order valence-electron chi connectivity index (χ4n) is 2.40. The Balaban J connectivity index is 2.14. The van der Waals surface area contributed by atoms with Crippen LogP contribution in [0.2, 0.25) is 0 Å². The summed E-state index contributed by atoms with van der Waals surface area (Å²) in [6, 6.07) is 2.79.